The second kappa shape index (κ2) is 10.2. The average Bonchev–Trinajstić information content (AvgIpc) is 3.04. The highest BCUT2D eigenvalue weighted by molar-refractivity contribution is 7.99. The fraction of sp³-hybridized carbons (Fsp3) is 0.423. The van der Waals surface area contributed by atoms with Crippen LogP contribution in [0.3, 0.4) is 0 Å². The molecule has 0 unspecified atom stereocenters. The SMILES string of the molecule is C=CCO[C@@H]1[C@@H](NC(=O)CSC)c2ccccc2C12CCN(Cc1ccc(F)cc1)CC2. The summed E-state index contributed by atoms with van der Waals surface area (Å²) in [6, 6.07) is 15.1. The van der Waals surface area contributed by atoms with Crippen molar-refractivity contribution in [2.45, 2.75) is 36.9 Å². The number of hydrogen-bond acceptors (Lipinski definition) is 4. The number of likely N-dealkylation sites (tertiary alicyclic amines) is 1. The van der Waals surface area contributed by atoms with E-state index in [1.165, 1.54) is 35.0 Å². The first-order chi connectivity index (χ1) is 15.6. The Balaban J connectivity index is 1.57. The van der Waals surface area contributed by atoms with Crippen molar-refractivity contribution in [2.75, 3.05) is 31.7 Å². The number of ether oxygens (including phenoxy) is 1. The number of amides is 1. The molecule has 4 nitrogen and oxygen atoms in total. The number of piperidine rings is 1. The topological polar surface area (TPSA) is 41.6 Å². The maximum Gasteiger partial charge on any atom is 0.230 e. The largest absolute Gasteiger partial charge is 0.371 e. The number of thioether (sulfide) groups is 1. The fourth-order valence-corrected chi connectivity index (χ4v) is 5.64. The Labute approximate surface area is 194 Å². The van der Waals surface area contributed by atoms with E-state index < -0.39 is 0 Å². The number of benzene rings is 2. The van der Waals surface area contributed by atoms with Gasteiger partial charge < -0.3 is 10.1 Å². The summed E-state index contributed by atoms with van der Waals surface area (Å²) in [4.78, 5) is 15.0. The molecule has 1 saturated heterocycles. The van der Waals surface area contributed by atoms with Crippen LogP contribution in [0.4, 0.5) is 4.39 Å². The Morgan fingerprint density at radius 3 is 2.66 bits per heavy atom. The van der Waals surface area contributed by atoms with E-state index in [2.05, 4.69) is 35.0 Å². The van der Waals surface area contributed by atoms with Gasteiger partial charge in [-0.15, -0.1) is 6.58 Å². The van der Waals surface area contributed by atoms with Gasteiger partial charge in [0.05, 0.1) is 24.5 Å². The molecule has 1 aliphatic heterocycles. The Kier molecular flexibility index (Phi) is 7.33. The second-order valence-corrected chi connectivity index (χ2v) is 9.53. The average molecular weight is 455 g/mol. The molecule has 2 aliphatic rings. The minimum atomic E-state index is -0.203. The van der Waals surface area contributed by atoms with Crippen LogP contribution in [0.5, 0.6) is 0 Å². The summed E-state index contributed by atoms with van der Waals surface area (Å²) in [6.07, 6.45) is 5.48. The van der Waals surface area contributed by atoms with E-state index in [1.807, 2.05) is 24.5 Å². The molecule has 2 aromatic rings. The minimum Gasteiger partial charge on any atom is -0.371 e. The van der Waals surface area contributed by atoms with Crippen LogP contribution in [-0.2, 0) is 21.5 Å². The monoisotopic (exact) mass is 454 g/mol. The Hall–Kier alpha value is -2.15. The van der Waals surface area contributed by atoms with Gasteiger partial charge in [-0.25, -0.2) is 4.39 Å². The van der Waals surface area contributed by atoms with E-state index in [1.54, 1.807) is 6.08 Å². The lowest BCUT2D eigenvalue weighted by Gasteiger charge is -2.44. The summed E-state index contributed by atoms with van der Waals surface area (Å²) < 4.78 is 19.6. The van der Waals surface area contributed by atoms with Crippen LogP contribution in [0.2, 0.25) is 0 Å². The van der Waals surface area contributed by atoms with Gasteiger partial charge in [-0.1, -0.05) is 42.5 Å². The predicted octanol–water partition coefficient (Wildman–Crippen LogP) is 4.46. The highest BCUT2D eigenvalue weighted by Crippen LogP contribution is 2.52. The van der Waals surface area contributed by atoms with Crippen molar-refractivity contribution >= 4 is 17.7 Å². The Morgan fingerprint density at radius 2 is 1.97 bits per heavy atom. The van der Waals surface area contributed by atoms with Crippen LogP contribution in [-0.4, -0.2) is 48.6 Å². The van der Waals surface area contributed by atoms with Crippen molar-refractivity contribution in [3.8, 4) is 0 Å². The van der Waals surface area contributed by atoms with E-state index in [9.17, 15) is 9.18 Å². The second-order valence-electron chi connectivity index (χ2n) is 8.67. The number of carbonyl (C=O) groups is 1. The normalized spacial score (nSPS) is 21.9. The molecule has 32 heavy (non-hydrogen) atoms. The summed E-state index contributed by atoms with van der Waals surface area (Å²) in [5, 5.41) is 3.25. The molecule has 2 atom stereocenters. The van der Waals surface area contributed by atoms with Gasteiger partial charge in [-0.3, -0.25) is 9.69 Å². The molecule has 1 fully saturated rings. The lowest BCUT2D eigenvalue weighted by Crippen LogP contribution is -2.50. The van der Waals surface area contributed by atoms with Crippen molar-refractivity contribution in [2.24, 2.45) is 0 Å². The summed E-state index contributed by atoms with van der Waals surface area (Å²) in [5.41, 5.74) is 3.44. The van der Waals surface area contributed by atoms with Gasteiger partial charge in [0.15, 0.2) is 0 Å². The van der Waals surface area contributed by atoms with Gasteiger partial charge in [0.25, 0.3) is 0 Å². The van der Waals surface area contributed by atoms with Crippen LogP contribution in [0, 0.1) is 5.82 Å². The predicted molar refractivity (Wildman–Crippen MR) is 128 cm³/mol. The standard InChI is InChI=1S/C26H31FN2O2S/c1-3-16-31-25-24(28-23(30)18-32-2)21-6-4-5-7-22(21)26(25)12-14-29(15-13-26)17-19-8-10-20(27)11-9-19/h3-11,24-25H,1,12-18H2,2H3,(H,28,30)/t24-,25+/m0/s1. The molecule has 1 amide bonds. The molecule has 2 aromatic carbocycles. The van der Waals surface area contributed by atoms with Gasteiger partial charge in [-0.2, -0.15) is 11.8 Å². The number of rotatable bonds is 8. The van der Waals surface area contributed by atoms with Gasteiger partial charge in [-0.05, 0) is 61.0 Å². The number of fused-ring (bicyclic) bond motifs is 2. The molecule has 170 valence electrons. The maximum atomic E-state index is 13.3. The summed E-state index contributed by atoms with van der Waals surface area (Å²) in [5.74, 6) is 0.270. The van der Waals surface area contributed by atoms with E-state index in [0.717, 1.165) is 38.0 Å². The molecule has 1 aliphatic carbocycles. The van der Waals surface area contributed by atoms with Crippen molar-refractivity contribution in [3.05, 3.63) is 83.7 Å². The molecule has 1 heterocycles. The lowest BCUT2D eigenvalue weighted by atomic mass is 9.71. The zero-order chi connectivity index (χ0) is 22.6. The molecule has 6 heteroatoms. The number of carbonyl (C=O) groups excluding carboxylic acids is 1. The zero-order valence-electron chi connectivity index (χ0n) is 18.6. The van der Waals surface area contributed by atoms with Crippen LogP contribution < -0.4 is 5.32 Å². The van der Waals surface area contributed by atoms with Crippen molar-refractivity contribution in [1.82, 2.24) is 10.2 Å². The lowest BCUT2D eigenvalue weighted by molar-refractivity contribution is -0.121. The first kappa shape index (κ1) is 23.0. The highest BCUT2D eigenvalue weighted by atomic mass is 32.2. The van der Waals surface area contributed by atoms with E-state index in [-0.39, 0.29) is 29.3 Å². The van der Waals surface area contributed by atoms with Crippen molar-refractivity contribution < 1.29 is 13.9 Å². The van der Waals surface area contributed by atoms with E-state index in [4.69, 9.17) is 4.74 Å². The number of hydrogen-bond donors (Lipinski definition) is 1. The Morgan fingerprint density at radius 1 is 1.25 bits per heavy atom. The smallest absolute Gasteiger partial charge is 0.230 e. The van der Waals surface area contributed by atoms with Crippen LogP contribution in [0.1, 0.15) is 35.6 Å². The first-order valence-electron chi connectivity index (χ1n) is 11.1. The third-order valence-corrected chi connectivity index (χ3v) is 7.28. The molecular formula is C26H31FN2O2S. The molecule has 4 rings (SSSR count). The van der Waals surface area contributed by atoms with E-state index in [0.29, 0.717) is 12.4 Å². The minimum absolute atomic E-state index is 0.0373. The maximum absolute atomic E-state index is 13.3. The Bertz CT molecular complexity index is 941. The summed E-state index contributed by atoms with van der Waals surface area (Å²) in [7, 11) is 0. The van der Waals surface area contributed by atoms with Gasteiger partial charge in [0.2, 0.25) is 5.91 Å². The number of halogens is 1. The van der Waals surface area contributed by atoms with Crippen LogP contribution in [0.25, 0.3) is 0 Å². The molecular weight excluding hydrogens is 423 g/mol. The van der Waals surface area contributed by atoms with Crippen LogP contribution >= 0.6 is 11.8 Å². The molecule has 0 bridgehead atoms. The summed E-state index contributed by atoms with van der Waals surface area (Å²) in [6.45, 7) is 6.94. The molecule has 0 aromatic heterocycles. The van der Waals surface area contributed by atoms with Gasteiger partial charge in [0.1, 0.15) is 5.82 Å². The number of nitrogens with one attached hydrogen (secondary N) is 1. The molecule has 0 saturated carbocycles. The molecule has 1 N–H and O–H groups in total. The third kappa shape index (κ3) is 4.63. The molecule has 0 radical (unpaired) electrons. The van der Waals surface area contributed by atoms with E-state index >= 15 is 0 Å². The van der Waals surface area contributed by atoms with Crippen molar-refractivity contribution in [3.63, 3.8) is 0 Å². The fourth-order valence-electron chi connectivity index (χ4n) is 5.30. The van der Waals surface area contributed by atoms with Gasteiger partial charge >= 0.3 is 0 Å². The summed E-state index contributed by atoms with van der Waals surface area (Å²) >= 11 is 1.52. The first-order valence-corrected chi connectivity index (χ1v) is 12.5. The van der Waals surface area contributed by atoms with Crippen molar-refractivity contribution in [1.29, 1.82) is 0 Å². The quantitative estimate of drug-likeness (QED) is 0.598. The van der Waals surface area contributed by atoms with Crippen LogP contribution in [0.15, 0.2) is 61.2 Å². The molecule has 1 spiro atoms. The zero-order valence-corrected chi connectivity index (χ0v) is 19.4. The third-order valence-electron chi connectivity index (χ3n) is 6.73. The number of nitrogens with zero attached hydrogens (tertiary/aromatic N) is 1. The van der Waals surface area contributed by atoms with Gasteiger partial charge in [0, 0.05) is 12.0 Å². The highest BCUT2D eigenvalue weighted by Gasteiger charge is 2.54.